The Balaban J connectivity index is 1.39. The first-order valence-electron chi connectivity index (χ1n) is 13.4. The van der Waals surface area contributed by atoms with Gasteiger partial charge in [0.25, 0.3) is 5.91 Å². The number of hydrogen-bond donors (Lipinski definition) is 3. The number of hydrogen-bond acceptors (Lipinski definition) is 7. The highest BCUT2D eigenvalue weighted by Gasteiger charge is 2.50. The van der Waals surface area contributed by atoms with E-state index in [2.05, 4.69) is 10.3 Å². The lowest BCUT2D eigenvalue weighted by atomic mass is 9.81. The van der Waals surface area contributed by atoms with Crippen LogP contribution in [-0.2, 0) is 15.8 Å². The second-order valence-corrected chi connectivity index (χ2v) is 11.4. The molecule has 1 aliphatic carbocycles. The zero-order valence-electron chi connectivity index (χ0n) is 22.9. The van der Waals surface area contributed by atoms with Crippen LogP contribution < -0.4 is 20.5 Å². The zero-order valence-corrected chi connectivity index (χ0v) is 23.7. The molecule has 11 heteroatoms. The van der Waals surface area contributed by atoms with Gasteiger partial charge in [-0.15, -0.1) is 0 Å². The fraction of sp³-hybridized carbons (Fsp3) is 0.290. The van der Waals surface area contributed by atoms with E-state index in [9.17, 15) is 19.1 Å². The van der Waals surface area contributed by atoms with Gasteiger partial charge in [0.2, 0.25) is 5.91 Å². The molecule has 1 aliphatic heterocycles. The van der Waals surface area contributed by atoms with E-state index >= 15 is 0 Å². The Morgan fingerprint density at radius 1 is 1.24 bits per heavy atom. The molecule has 6 rings (SSSR count). The van der Waals surface area contributed by atoms with Crippen LogP contribution in [-0.4, -0.2) is 47.2 Å². The molecule has 4 N–H and O–H groups in total. The minimum Gasteiger partial charge on any atom is -0.494 e. The molecule has 216 valence electrons. The number of halogens is 2. The number of benzene rings is 2. The van der Waals surface area contributed by atoms with E-state index in [-0.39, 0.29) is 24.8 Å². The summed E-state index contributed by atoms with van der Waals surface area (Å²) in [5.41, 5.74) is 5.52. The highest BCUT2D eigenvalue weighted by atomic mass is 35.5. The van der Waals surface area contributed by atoms with E-state index in [0.717, 1.165) is 0 Å². The van der Waals surface area contributed by atoms with Crippen molar-refractivity contribution in [3.8, 4) is 22.8 Å². The number of rotatable bonds is 8. The third-order valence-electron chi connectivity index (χ3n) is 8.15. The molecule has 1 saturated carbocycles. The van der Waals surface area contributed by atoms with Crippen LogP contribution in [0.5, 0.6) is 11.5 Å². The fourth-order valence-corrected chi connectivity index (χ4v) is 5.58. The third-order valence-corrected chi connectivity index (χ3v) is 8.35. The van der Waals surface area contributed by atoms with Gasteiger partial charge in [0, 0.05) is 28.3 Å². The molecule has 4 aromatic rings. The number of amides is 2. The van der Waals surface area contributed by atoms with Gasteiger partial charge in [-0.1, -0.05) is 11.6 Å². The average molecular weight is 591 g/mol. The van der Waals surface area contributed by atoms with Gasteiger partial charge in [-0.2, -0.15) is 0 Å². The summed E-state index contributed by atoms with van der Waals surface area (Å²) in [6.07, 6.45) is 2.93. The van der Waals surface area contributed by atoms with Crippen LogP contribution in [0.1, 0.15) is 41.4 Å². The van der Waals surface area contributed by atoms with E-state index in [4.69, 9.17) is 31.8 Å². The van der Waals surface area contributed by atoms with Crippen LogP contribution in [0.3, 0.4) is 0 Å². The number of aliphatic hydroxyl groups is 1. The molecular weight excluding hydrogens is 563 g/mol. The van der Waals surface area contributed by atoms with Gasteiger partial charge in [-0.25, -0.2) is 9.37 Å². The molecule has 0 spiro atoms. The summed E-state index contributed by atoms with van der Waals surface area (Å²) in [6.45, 7) is 1.51. The normalized spacial score (nSPS) is 19.1. The predicted octanol–water partition coefficient (Wildman–Crippen LogP) is 4.26. The van der Waals surface area contributed by atoms with Crippen molar-refractivity contribution in [2.75, 3.05) is 20.3 Å². The Bertz CT molecular complexity index is 1750. The quantitative estimate of drug-likeness (QED) is 0.279. The Morgan fingerprint density at radius 2 is 1.98 bits per heavy atom. The molecule has 0 radical (unpaired) electrons. The second kappa shape index (κ2) is 10.2. The Kier molecular flexibility index (Phi) is 6.78. The molecule has 0 unspecified atom stereocenters. The molecule has 2 amide bonds. The third kappa shape index (κ3) is 4.70. The van der Waals surface area contributed by atoms with Crippen molar-refractivity contribution < 1.29 is 28.6 Å². The van der Waals surface area contributed by atoms with E-state index in [1.54, 1.807) is 43.3 Å². The fourth-order valence-electron chi connectivity index (χ4n) is 5.41. The number of carbonyl (C=O) groups is 2. The number of nitrogens with one attached hydrogen (secondary N) is 1. The number of nitrogens with zero attached hydrogens (tertiary/aromatic N) is 2. The first-order valence-corrected chi connectivity index (χ1v) is 13.8. The van der Waals surface area contributed by atoms with Crippen LogP contribution in [0.4, 0.5) is 4.39 Å². The maximum absolute atomic E-state index is 13.7. The molecule has 2 atom stereocenters. The monoisotopic (exact) mass is 590 g/mol. The number of carbonyl (C=O) groups excluding carboxylic acids is 2. The summed E-state index contributed by atoms with van der Waals surface area (Å²) in [5.74, 6) is -0.895. The van der Waals surface area contributed by atoms with Crippen LogP contribution in [0.25, 0.3) is 22.2 Å². The summed E-state index contributed by atoms with van der Waals surface area (Å²) in [4.78, 5) is 35.0. The average Bonchev–Trinajstić information content (AvgIpc) is 3.78. The lowest BCUT2D eigenvalue weighted by Gasteiger charge is -2.30. The molecule has 3 heterocycles. The van der Waals surface area contributed by atoms with Crippen LogP contribution in [0.2, 0.25) is 5.02 Å². The number of nitrogens with two attached hydrogens (primary N) is 1. The van der Waals surface area contributed by atoms with E-state index < -0.39 is 28.6 Å². The smallest absolute Gasteiger partial charge is 0.251 e. The number of fused-ring (bicyclic) bond motifs is 2. The van der Waals surface area contributed by atoms with Crippen molar-refractivity contribution in [3.63, 3.8) is 0 Å². The molecule has 9 nitrogen and oxygen atoms in total. The van der Waals surface area contributed by atoms with E-state index in [1.807, 2.05) is 0 Å². The Morgan fingerprint density at radius 3 is 2.64 bits per heavy atom. The van der Waals surface area contributed by atoms with E-state index in [1.165, 1.54) is 25.4 Å². The Labute approximate surface area is 245 Å². The van der Waals surface area contributed by atoms with E-state index in [0.29, 0.717) is 62.7 Å². The standard InChI is InChI=1S/C31H28ClFN4O5/c1-30(29(34)39)15-42-27-22(30)12-24(37-26(27)16-3-7-21(33)8-4-16)31(40,19-5-6-19)14-36-28(38)18-9-17-10-20(32)13-35-25(17)23(11-18)41-2/h3-4,7-13,19,40H,5-6,14-15H2,1-2H3,(H2,34,39)(H,36,38)/t30-,31+/m0/s1. The van der Waals surface area contributed by atoms with Crippen molar-refractivity contribution in [1.29, 1.82) is 0 Å². The van der Waals surface area contributed by atoms with Crippen LogP contribution in [0, 0.1) is 11.7 Å². The highest BCUT2D eigenvalue weighted by molar-refractivity contribution is 6.31. The molecule has 1 fully saturated rings. The van der Waals surface area contributed by atoms with Crippen molar-refractivity contribution in [3.05, 3.63) is 82.4 Å². The van der Waals surface area contributed by atoms with Crippen molar-refractivity contribution in [2.24, 2.45) is 11.7 Å². The summed E-state index contributed by atoms with van der Waals surface area (Å²) in [6, 6.07) is 12.2. The predicted molar refractivity (Wildman–Crippen MR) is 154 cm³/mol. The summed E-state index contributed by atoms with van der Waals surface area (Å²) in [7, 11) is 1.49. The largest absolute Gasteiger partial charge is 0.494 e. The SMILES string of the molecule is COc1cc(C(=O)NC[C@](O)(c2cc3c(c(-c4ccc(F)cc4)n2)OC[C@]3(C)C(N)=O)C2CC2)cc2cc(Cl)cnc12. The first kappa shape index (κ1) is 27.9. The molecule has 0 saturated heterocycles. The molecule has 2 aromatic carbocycles. The first-order chi connectivity index (χ1) is 20.0. The molecule has 2 aromatic heterocycles. The molecular formula is C31H28ClFN4O5. The van der Waals surface area contributed by atoms with Gasteiger partial charge < -0.3 is 25.6 Å². The molecule has 2 aliphatic rings. The topological polar surface area (TPSA) is 137 Å². The van der Waals surface area contributed by atoms with Gasteiger partial charge in [0.15, 0.2) is 0 Å². The highest BCUT2D eigenvalue weighted by Crippen LogP contribution is 2.50. The van der Waals surface area contributed by atoms with Crippen LogP contribution >= 0.6 is 11.6 Å². The van der Waals surface area contributed by atoms with Gasteiger partial charge in [0.05, 0.1) is 24.4 Å². The van der Waals surface area contributed by atoms with Gasteiger partial charge >= 0.3 is 0 Å². The Hall–Kier alpha value is -4.28. The van der Waals surface area contributed by atoms with Crippen LogP contribution in [0.15, 0.2) is 54.7 Å². The minimum absolute atomic E-state index is 0.00173. The maximum Gasteiger partial charge on any atom is 0.251 e. The number of primary amides is 1. The van der Waals surface area contributed by atoms with Crippen molar-refractivity contribution in [1.82, 2.24) is 15.3 Å². The van der Waals surface area contributed by atoms with Gasteiger partial charge in [0.1, 0.15) is 46.1 Å². The van der Waals surface area contributed by atoms with Crippen molar-refractivity contribution >= 4 is 34.3 Å². The summed E-state index contributed by atoms with van der Waals surface area (Å²) >= 11 is 6.12. The van der Waals surface area contributed by atoms with Gasteiger partial charge in [-0.3, -0.25) is 14.6 Å². The lowest BCUT2D eigenvalue weighted by molar-refractivity contribution is -0.123. The number of pyridine rings is 2. The lowest BCUT2D eigenvalue weighted by Crippen LogP contribution is -2.44. The number of aromatic nitrogens is 2. The number of ether oxygens (including phenoxy) is 2. The zero-order chi connectivity index (χ0) is 29.8. The van der Waals surface area contributed by atoms with Gasteiger partial charge in [-0.05, 0) is 74.2 Å². The summed E-state index contributed by atoms with van der Waals surface area (Å²) < 4.78 is 25.1. The molecule has 0 bridgehead atoms. The number of methoxy groups -OCH3 is 1. The van der Waals surface area contributed by atoms with Crippen molar-refractivity contribution in [2.45, 2.75) is 30.8 Å². The minimum atomic E-state index is -1.58. The summed E-state index contributed by atoms with van der Waals surface area (Å²) in [5, 5.41) is 16.0. The molecule has 42 heavy (non-hydrogen) atoms. The second-order valence-electron chi connectivity index (χ2n) is 11.0. The maximum atomic E-state index is 13.7.